The van der Waals surface area contributed by atoms with Crippen molar-refractivity contribution in [3.63, 3.8) is 0 Å². The van der Waals surface area contributed by atoms with Crippen LogP contribution < -0.4 is 11.3 Å². The summed E-state index contributed by atoms with van der Waals surface area (Å²) in [5, 5.41) is 0. The van der Waals surface area contributed by atoms with Gasteiger partial charge in [0.1, 0.15) is 4.90 Å². The van der Waals surface area contributed by atoms with E-state index in [4.69, 9.17) is 5.84 Å². The molecule has 0 spiro atoms. The van der Waals surface area contributed by atoms with Crippen LogP contribution >= 0.6 is 0 Å². The highest BCUT2D eigenvalue weighted by Gasteiger charge is 2.38. The molecule has 1 aliphatic heterocycles. The summed E-state index contributed by atoms with van der Waals surface area (Å²) in [5.74, 6) is 6.09. The largest absolute Gasteiger partial charge is 0.323 e. The highest BCUT2D eigenvalue weighted by Crippen LogP contribution is 2.33. The van der Waals surface area contributed by atoms with Crippen LogP contribution in [0.5, 0.6) is 0 Å². The summed E-state index contributed by atoms with van der Waals surface area (Å²) in [4.78, 5) is 4.05. The molecule has 7 heteroatoms. The molecule has 20 heavy (non-hydrogen) atoms. The number of pyridine rings is 1. The molecule has 0 saturated carbocycles. The molecule has 3 unspecified atom stereocenters. The number of rotatable bonds is 3. The van der Waals surface area contributed by atoms with Crippen LogP contribution in [0.25, 0.3) is 0 Å². The number of anilines is 1. The number of hydrogen-bond donors (Lipinski definition) is 2. The Kier molecular flexibility index (Phi) is 4.31. The molecule has 2 heterocycles. The molecule has 2 rings (SSSR count). The fourth-order valence-corrected chi connectivity index (χ4v) is 4.76. The summed E-state index contributed by atoms with van der Waals surface area (Å²) in [5.41, 5.74) is 2.81. The van der Waals surface area contributed by atoms with Gasteiger partial charge in [-0.05, 0) is 31.2 Å². The number of nitrogens with one attached hydrogen (secondary N) is 1. The molecular weight excluding hydrogens is 276 g/mol. The molecule has 6 nitrogen and oxygen atoms in total. The van der Waals surface area contributed by atoms with Crippen LogP contribution in [0.3, 0.4) is 0 Å². The Balaban J connectivity index is 2.43. The lowest BCUT2D eigenvalue weighted by atomic mass is 9.88. The number of hydrogen-bond acceptors (Lipinski definition) is 5. The first-order valence-electron chi connectivity index (χ1n) is 6.80. The second-order valence-corrected chi connectivity index (χ2v) is 7.51. The summed E-state index contributed by atoms with van der Waals surface area (Å²) in [7, 11) is -3.59. The van der Waals surface area contributed by atoms with E-state index >= 15 is 0 Å². The molecule has 1 aromatic heterocycles. The first-order valence-corrected chi connectivity index (χ1v) is 8.24. The van der Waals surface area contributed by atoms with Crippen molar-refractivity contribution in [1.29, 1.82) is 0 Å². The van der Waals surface area contributed by atoms with E-state index in [0.29, 0.717) is 24.1 Å². The van der Waals surface area contributed by atoms with Crippen molar-refractivity contribution in [3.05, 3.63) is 18.5 Å². The molecule has 1 aliphatic rings. The van der Waals surface area contributed by atoms with Gasteiger partial charge >= 0.3 is 0 Å². The topological polar surface area (TPSA) is 88.3 Å². The van der Waals surface area contributed by atoms with Gasteiger partial charge in [0, 0.05) is 25.0 Å². The van der Waals surface area contributed by atoms with Crippen molar-refractivity contribution in [2.45, 2.75) is 38.1 Å². The van der Waals surface area contributed by atoms with Crippen LogP contribution in [0.4, 0.5) is 5.69 Å². The molecule has 1 saturated heterocycles. The smallest absolute Gasteiger partial charge is 0.246 e. The first-order chi connectivity index (χ1) is 9.37. The number of nitrogens with zero attached hydrogens (tertiary/aromatic N) is 2. The predicted octanol–water partition coefficient (Wildman–Crippen LogP) is 1.42. The summed E-state index contributed by atoms with van der Waals surface area (Å²) < 4.78 is 27.3. The Labute approximate surface area is 120 Å². The molecule has 1 aromatic rings. The van der Waals surface area contributed by atoms with Crippen molar-refractivity contribution in [3.8, 4) is 0 Å². The summed E-state index contributed by atoms with van der Waals surface area (Å²) in [6.07, 6.45) is 3.91. The Hall–Kier alpha value is -1.18. The van der Waals surface area contributed by atoms with Crippen molar-refractivity contribution in [2.24, 2.45) is 17.7 Å². The number of hydrazine groups is 1. The number of aromatic nitrogens is 1. The lowest BCUT2D eigenvalue weighted by molar-refractivity contribution is 0.157. The number of nitrogens with two attached hydrogens (primary N) is 1. The zero-order valence-electron chi connectivity index (χ0n) is 12.1. The SMILES string of the molecule is CC1CC(C)C(C)N(S(=O)(=O)c2cnccc2NN)C1. The molecule has 3 atom stereocenters. The van der Waals surface area contributed by atoms with Gasteiger partial charge in [0.25, 0.3) is 0 Å². The van der Waals surface area contributed by atoms with E-state index in [9.17, 15) is 8.42 Å². The molecule has 1 fully saturated rings. The second-order valence-electron chi connectivity index (χ2n) is 5.65. The highest BCUT2D eigenvalue weighted by atomic mass is 32.2. The minimum absolute atomic E-state index is 0.0259. The fourth-order valence-electron chi connectivity index (χ4n) is 2.81. The van der Waals surface area contributed by atoms with Gasteiger partial charge in [-0.25, -0.2) is 8.42 Å². The van der Waals surface area contributed by atoms with Gasteiger partial charge in [-0.2, -0.15) is 4.31 Å². The second kappa shape index (κ2) is 5.67. The maximum Gasteiger partial charge on any atom is 0.246 e. The Bertz CT molecular complexity index is 575. The number of piperidine rings is 1. The maximum atomic E-state index is 12.9. The monoisotopic (exact) mass is 298 g/mol. The van der Waals surface area contributed by atoms with Crippen LogP contribution in [0, 0.1) is 11.8 Å². The lowest BCUT2D eigenvalue weighted by Crippen LogP contribution is -2.48. The van der Waals surface area contributed by atoms with E-state index in [1.807, 2.05) is 6.92 Å². The third-order valence-electron chi connectivity index (χ3n) is 4.07. The highest BCUT2D eigenvalue weighted by molar-refractivity contribution is 7.89. The van der Waals surface area contributed by atoms with Gasteiger partial charge in [-0.3, -0.25) is 10.8 Å². The lowest BCUT2D eigenvalue weighted by Gasteiger charge is -2.40. The zero-order chi connectivity index (χ0) is 14.9. The standard InChI is InChI=1S/C13H22N4O2S/c1-9-6-10(2)11(3)17(8-9)20(18,19)13-7-15-5-4-12(13)16-14/h4-5,7,9-11H,6,8,14H2,1-3H3,(H,15,16). The van der Waals surface area contributed by atoms with Gasteiger partial charge < -0.3 is 5.43 Å². The van der Waals surface area contributed by atoms with Crippen LogP contribution in [0.2, 0.25) is 0 Å². The van der Waals surface area contributed by atoms with Crippen LogP contribution in [-0.2, 0) is 10.0 Å². The van der Waals surface area contributed by atoms with Crippen LogP contribution in [0.15, 0.2) is 23.4 Å². The van der Waals surface area contributed by atoms with Crippen LogP contribution in [0.1, 0.15) is 27.2 Å². The third kappa shape index (κ3) is 2.65. The molecular formula is C13H22N4O2S. The molecule has 3 N–H and O–H groups in total. The maximum absolute atomic E-state index is 12.9. The average molecular weight is 298 g/mol. The third-order valence-corrected chi connectivity index (χ3v) is 6.05. The summed E-state index contributed by atoms with van der Waals surface area (Å²) in [6, 6.07) is 1.54. The van der Waals surface area contributed by atoms with E-state index in [2.05, 4.69) is 24.3 Å². The zero-order valence-corrected chi connectivity index (χ0v) is 12.9. The Morgan fingerprint density at radius 1 is 1.40 bits per heavy atom. The minimum atomic E-state index is -3.59. The van der Waals surface area contributed by atoms with Gasteiger partial charge in [-0.15, -0.1) is 0 Å². The minimum Gasteiger partial charge on any atom is -0.323 e. The average Bonchev–Trinajstić information content (AvgIpc) is 2.42. The summed E-state index contributed by atoms with van der Waals surface area (Å²) in [6.45, 7) is 6.66. The van der Waals surface area contributed by atoms with Crippen molar-refractivity contribution in [1.82, 2.24) is 9.29 Å². The quantitative estimate of drug-likeness (QED) is 0.651. The van der Waals surface area contributed by atoms with E-state index in [-0.39, 0.29) is 10.9 Å². The number of sulfonamides is 1. The van der Waals surface area contributed by atoms with E-state index in [1.54, 1.807) is 10.4 Å². The van der Waals surface area contributed by atoms with Crippen molar-refractivity contribution >= 4 is 15.7 Å². The van der Waals surface area contributed by atoms with Crippen LogP contribution in [-0.4, -0.2) is 30.3 Å². The Morgan fingerprint density at radius 3 is 2.75 bits per heavy atom. The summed E-state index contributed by atoms with van der Waals surface area (Å²) >= 11 is 0. The van der Waals surface area contributed by atoms with E-state index < -0.39 is 10.0 Å². The Morgan fingerprint density at radius 2 is 2.10 bits per heavy atom. The molecule has 0 aliphatic carbocycles. The normalized spacial score (nSPS) is 28.3. The van der Waals surface area contributed by atoms with Crippen molar-refractivity contribution < 1.29 is 8.42 Å². The molecule has 0 aromatic carbocycles. The first kappa shape index (κ1) is 15.2. The molecule has 0 bridgehead atoms. The van der Waals surface area contributed by atoms with Gasteiger partial charge in [0.15, 0.2) is 0 Å². The van der Waals surface area contributed by atoms with Crippen molar-refractivity contribution in [2.75, 3.05) is 12.0 Å². The van der Waals surface area contributed by atoms with E-state index in [0.717, 1.165) is 6.42 Å². The van der Waals surface area contributed by atoms with Gasteiger partial charge in [-0.1, -0.05) is 13.8 Å². The van der Waals surface area contributed by atoms with E-state index in [1.165, 1.54) is 12.4 Å². The fraction of sp³-hybridized carbons (Fsp3) is 0.615. The predicted molar refractivity (Wildman–Crippen MR) is 78.3 cm³/mol. The number of nitrogen functional groups attached to an aromatic ring is 1. The van der Waals surface area contributed by atoms with Gasteiger partial charge in [0.05, 0.1) is 5.69 Å². The van der Waals surface area contributed by atoms with Gasteiger partial charge in [0.2, 0.25) is 10.0 Å². The molecule has 112 valence electrons. The molecule has 0 radical (unpaired) electrons. The molecule has 0 amide bonds.